The number of aliphatic imine (C=N–C) groups is 1. The first-order chi connectivity index (χ1) is 19.6. The predicted molar refractivity (Wildman–Crippen MR) is 141 cm³/mol. The molecule has 2 aromatic heterocycles. The lowest BCUT2D eigenvalue weighted by molar-refractivity contribution is -0.140. The number of pyridine rings is 2. The molecule has 1 saturated heterocycles. The van der Waals surface area contributed by atoms with Crippen LogP contribution in [0.25, 0.3) is 5.76 Å². The van der Waals surface area contributed by atoms with Crippen molar-refractivity contribution in [3.8, 4) is 0 Å². The lowest BCUT2D eigenvalue weighted by Crippen LogP contribution is -2.37. The van der Waals surface area contributed by atoms with Crippen LogP contribution in [0.2, 0.25) is 5.02 Å². The number of aromatic nitrogens is 2. The van der Waals surface area contributed by atoms with Gasteiger partial charge in [-0.15, -0.1) is 0 Å². The molecule has 4 heterocycles. The molecule has 0 bridgehead atoms. The molecule has 9 nitrogen and oxygen atoms in total. The minimum Gasteiger partial charge on any atom is -0.506 e. The molecule has 3 aliphatic rings. The second-order valence-electron chi connectivity index (χ2n) is 9.62. The van der Waals surface area contributed by atoms with E-state index >= 15 is 0 Å². The molecule has 0 spiro atoms. The number of nitrogens with one attached hydrogen (secondary N) is 1. The van der Waals surface area contributed by atoms with Crippen LogP contribution in [0.5, 0.6) is 0 Å². The highest BCUT2D eigenvalue weighted by Gasteiger charge is 2.59. The molecule has 6 rings (SSSR count). The van der Waals surface area contributed by atoms with Crippen LogP contribution in [-0.2, 0) is 15.8 Å². The van der Waals surface area contributed by atoms with Crippen molar-refractivity contribution >= 4 is 46.5 Å². The van der Waals surface area contributed by atoms with Crippen molar-refractivity contribution in [2.75, 3.05) is 18.4 Å². The molecule has 41 heavy (non-hydrogen) atoms. The van der Waals surface area contributed by atoms with Gasteiger partial charge < -0.3 is 10.4 Å². The number of aliphatic hydroxyl groups is 1. The third-order valence-electron chi connectivity index (χ3n) is 7.29. The fourth-order valence-electron chi connectivity index (χ4n) is 5.42. The average Bonchev–Trinajstić information content (AvgIpc) is 3.54. The van der Waals surface area contributed by atoms with E-state index in [1.807, 2.05) is 0 Å². The highest BCUT2D eigenvalue weighted by Crippen LogP contribution is 2.48. The van der Waals surface area contributed by atoms with Gasteiger partial charge in [0, 0.05) is 36.6 Å². The molecular formula is C28H19ClF3N5O4. The number of Topliss-reactive ketones (excluding diaryl/α,β-unsaturated/α-hetero) is 1. The van der Waals surface area contributed by atoms with Gasteiger partial charge in [-0.25, -0.2) is 4.98 Å². The Labute approximate surface area is 235 Å². The van der Waals surface area contributed by atoms with E-state index in [2.05, 4.69) is 20.3 Å². The van der Waals surface area contributed by atoms with Crippen LogP contribution in [0, 0.1) is 11.8 Å². The lowest BCUT2D eigenvalue weighted by atomic mass is 9.84. The number of benzene rings is 1. The Morgan fingerprint density at radius 1 is 1.00 bits per heavy atom. The maximum absolute atomic E-state index is 13.7. The van der Waals surface area contributed by atoms with Gasteiger partial charge >= 0.3 is 6.18 Å². The minimum atomic E-state index is -4.61. The second kappa shape index (κ2) is 9.81. The number of imide groups is 1. The summed E-state index contributed by atoms with van der Waals surface area (Å²) in [4.78, 5) is 54.3. The number of hydrogen-bond acceptors (Lipinski definition) is 8. The van der Waals surface area contributed by atoms with Crippen molar-refractivity contribution < 1.29 is 32.7 Å². The highest BCUT2D eigenvalue weighted by atomic mass is 35.5. The lowest BCUT2D eigenvalue weighted by Gasteiger charge is -2.18. The molecule has 0 unspecified atom stereocenters. The Morgan fingerprint density at radius 3 is 2.39 bits per heavy atom. The molecule has 3 atom stereocenters. The summed E-state index contributed by atoms with van der Waals surface area (Å²) >= 11 is 5.95. The van der Waals surface area contributed by atoms with Crippen molar-refractivity contribution in [3.63, 3.8) is 0 Å². The van der Waals surface area contributed by atoms with Gasteiger partial charge in [0.1, 0.15) is 17.6 Å². The zero-order valence-corrected chi connectivity index (χ0v) is 21.6. The van der Waals surface area contributed by atoms with E-state index in [1.165, 1.54) is 6.20 Å². The summed E-state index contributed by atoms with van der Waals surface area (Å²) in [6, 6.07) is 11.4. The van der Waals surface area contributed by atoms with Crippen molar-refractivity contribution in [3.05, 3.63) is 93.9 Å². The Bertz CT molecular complexity index is 1670. The maximum atomic E-state index is 13.7. The number of rotatable bonds is 6. The molecular weight excluding hydrogens is 563 g/mol. The van der Waals surface area contributed by atoms with Gasteiger partial charge in [0.15, 0.2) is 5.78 Å². The largest absolute Gasteiger partial charge is 0.506 e. The van der Waals surface area contributed by atoms with E-state index in [1.54, 1.807) is 42.5 Å². The topological polar surface area (TPSA) is 125 Å². The molecule has 1 fully saturated rings. The molecule has 2 N–H and O–H groups in total. The first-order valence-corrected chi connectivity index (χ1v) is 12.8. The molecule has 0 radical (unpaired) electrons. The summed E-state index contributed by atoms with van der Waals surface area (Å²) in [7, 11) is 0. The standard InChI is InChI=1S/C28H19ClF3N5O4/c29-16-11-13(28(30,31)32)12-35-25(16)34-9-10-37-26(40)18-19(27(37)41)22(36-21(18)17-7-3-4-8-33-17)20-23(38)14-5-1-2-6-15(14)24(20)39/h1-8,11-12,18-19,21,38H,9-10H2,(H,34,35)/t18-,19+,21+/m1/s1. The summed E-state index contributed by atoms with van der Waals surface area (Å²) in [6.45, 7) is -0.223. The van der Waals surface area contributed by atoms with E-state index in [9.17, 15) is 32.7 Å². The van der Waals surface area contributed by atoms with E-state index < -0.39 is 47.2 Å². The smallest absolute Gasteiger partial charge is 0.417 e. The number of amides is 2. The number of likely N-dealkylation sites (tertiary alicyclic amines) is 1. The fourth-order valence-corrected chi connectivity index (χ4v) is 5.65. The number of nitrogens with zero attached hydrogens (tertiary/aromatic N) is 4. The summed E-state index contributed by atoms with van der Waals surface area (Å²) in [6.07, 6.45) is -2.46. The normalized spacial score (nSPS) is 21.9. The number of fused-ring (bicyclic) bond motifs is 2. The van der Waals surface area contributed by atoms with Gasteiger partial charge in [0.25, 0.3) is 0 Å². The van der Waals surface area contributed by atoms with Crippen molar-refractivity contribution in [1.29, 1.82) is 0 Å². The van der Waals surface area contributed by atoms with Crippen molar-refractivity contribution in [1.82, 2.24) is 14.9 Å². The summed E-state index contributed by atoms with van der Waals surface area (Å²) < 4.78 is 38.8. The molecule has 0 saturated carbocycles. The average molecular weight is 582 g/mol. The molecule has 1 aromatic carbocycles. The first kappa shape index (κ1) is 26.6. The summed E-state index contributed by atoms with van der Waals surface area (Å²) in [5, 5.41) is 13.5. The quantitative estimate of drug-likeness (QED) is 0.410. The number of aliphatic hydroxyl groups excluding tert-OH is 1. The third-order valence-corrected chi connectivity index (χ3v) is 7.58. The van der Waals surface area contributed by atoms with Crippen LogP contribution in [-0.4, -0.2) is 56.4 Å². The molecule has 13 heteroatoms. The van der Waals surface area contributed by atoms with Gasteiger partial charge in [-0.1, -0.05) is 41.9 Å². The number of carbonyl (C=O) groups is 3. The zero-order chi connectivity index (χ0) is 29.1. The number of allylic oxidation sites excluding steroid dienone is 1. The monoisotopic (exact) mass is 581 g/mol. The number of halogens is 4. The second-order valence-corrected chi connectivity index (χ2v) is 10.0. The Balaban J connectivity index is 1.29. The van der Waals surface area contributed by atoms with Gasteiger partial charge in [0.2, 0.25) is 11.8 Å². The highest BCUT2D eigenvalue weighted by molar-refractivity contribution is 6.40. The number of alkyl halides is 3. The number of anilines is 1. The van der Waals surface area contributed by atoms with Crippen LogP contribution in [0.4, 0.5) is 19.0 Å². The Hall–Kier alpha value is -4.58. The molecule has 208 valence electrons. The minimum absolute atomic E-state index is 0.0191. The van der Waals surface area contributed by atoms with Crippen LogP contribution in [0.15, 0.2) is 71.5 Å². The Kier molecular flexibility index (Phi) is 6.37. The van der Waals surface area contributed by atoms with E-state index in [4.69, 9.17) is 11.6 Å². The SMILES string of the molecule is O=C1C(C2=N[C@@H](c3ccccn3)[C@@H]3C(=O)N(CCNc4ncc(C(F)(F)F)cc4Cl)C(=O)[C@H]23)=C(O)c2ccccc21. The van der Waals surface area contributed by atoms with E-state index in [0.717, 1.165) is 11.0 Å². The van der Waals surface area contributed by atoms with E-state index in [-0.39, 0.29) is 46.5 Å². The molecule has 3 aromatic rings. The molecule has 2 amide bonds. The predicted octanol–water partition coefficient (Wildman–Crippen LogP) is 4.52. The summed E-state index contributed by atoms with van der Waals surface area (Å²) in [5.41, 5.74) is -0.125. The number of ketones is 1. The van der Waals surface area contributed by atoms with Crippen LogP contribution < -0.4 is 5.32 Å². The fraction of sp³-hybridized carbons (Fsp3) is 0.214. The van der Waals surface area contributed by atoms with Crippen molar-refractivity contribution in [2.45, 2.75) is 12.2 Å². The summed E-state index contributed by atoms with van der Waals surface area (Å²) in [5.74, 6) is -4.17. The molecule has 1 aliphatic carbocycles. The zero-order valence-electron chi connectivity index (χ0n) is 20.9. The van der Waals surface area contributed by atoms with Gasteiger partial charge in [0.05, 0.1) is 39.4 Å². The van der Waals surface area contributed by atoms with Crippen LogP contribution >= 0.6 is 11.6 Å². The van der Waals surface area contributed by atoms with Crippen molar-refractivity contribution in [2.24, 2.45) is 16.8 Å². The maximum Gasteiger partial charge on any atom is 0.417 e. The number of hydrogen-bond donors (Lipinski definition) is 2. The van der Waals surface area contributed by atoms with Crippen LogP contribution in [0.1, 0.15) is 33.2 Å². The number of carbonyl (C=O) groups excluding carboxylic acids is 3. The first-order valence-electron chi connectivity index (χ1n) is 12.5. The third kappa shape index (κ3) is 4.34. The van der Waals surface area contributed by atoms with Crippen LogP contribution in [0.3, 0.4) is 0 Å². The van der Waals surface area contributed by atoms with E-state index in [0.29, 0.717) is 17.5 Å². The van der Waals surface area contributed by atoms with Gasteiger partial charge in [-0.3, -0.25) is 29.3 Å². The molecule has 2 aliphatic heterocycles. The Morgan fingerprint density at radius 2 is 1.73 bits per heavy atom. The van der Waals surface area contributed by atoms with Gasteiger partial charge in [-0.2, -0.15) is 13.2 Å². The van der Waals surface area contributed by atoms with Gasteiger partial charge in [-0.05, 0) is 18.2 Å².